The minimum atomic E-state index is -0.857. The summed E-state index contributed by atoms with van der Waals surface area (Å²) in [6.07, 6.45) is 1.22. The van der Waals surface area contributed by atoms with Gasteiger partial charge in [0.15, 0.2) is 5.78 Å². The average molecular weight is 158 g/mol. The number of hydrogen-bond donors (Lipinski definition) is 1. The van der Waals surface area contributed by atoms with Crippen LogP contribution in [-0.2, 0) is 9.53 Å². The molecule has 0 saturated carbocycles. The number of ketones is 1. The van der Waals surface area contributed by atoms with Crippen LogP contribution in [0.3, 0.4) is 0 Å². The van der Waals surface area contributed by atoms with Crippen molar-refractivity contribution < 1.29 is 14.6 Å². The zero-order valence-electron chi connectivity index (χ0n) is 6.96. The fraction of sp³-hybridized carbons (Fsp3) is 0.625. The van der Waals surface area contributed by atoms with Crippen molar-refractivity contribution in [2.24, 2.45) is 0 Å². The molecule has 11 heavy (non-hydrogen) atoms. The smallest absolute Gasteiger partial charge is 0.186 e. The second kappa shape index (κ2) is 4.26. The minimum absolute atomic E-state index is 0.0755. The van der Waals surface area contributed by atoms with Gasteiger partial charge in [0.25, 0.3) is 0 Å². The van der Waals surface area contributed by atoms with Crippen LogP contribution >= 0.6 is 0 Å². The standard InChI is InChI=1S/C8H14O3/c1-4-7(10)8(2,3)11-6-5-9/h4,9H,1,5-6H2,2-3H3. The Bertz CT molecular complexity index is 149. The van der Waals surface area contributed by atoms with Crippen LogP contribution in [0.4, 0.5) is 0 Å². The van der Waals surface area contributed by atoms with Gasteiger partial charge in [0.1, 0.15) is 5.60 Å². The maximum atomic E-state index is 11.0. The van der Waals surface area contributed by atoms with Gasteiger partial charge in [-0.25, -0.2) is 0 Å². The molecule has 0 aliphatic rings. The lowest BCUT2D eigenvalue weighted by molar-refractivity contribution is -0.136. The monoisotopic (exact) mass is 158 g/mol. The van der Waals surface area contributed by atoms with Crippen LogP contribution in [0.1, 0.15) is 13.8 Å². The summed E-state index contributed by atoms with van der Waals surface area (Å²) in [6.45, 7) is 6.73. The van der Waals surface area contributed by atoms with E-state index in [0.717, 1.165) is 0 Å². The summed E-state index contributed by atoms with van der Waals surface area (Å²) in [5.41, 5.74) is -0.857. The molecular formula is C8H14O3. The Morgan fingerprint density at radius 1 is 1.73 bits per heavy atom. The van der Waals surface area contributed by atoms with Gasteiger partial charge in [-0.3, -0.25) is 4.79 Å². The summed E-state index contributed by atoms with van der Waals surface area (Å²) in [4.78, 5) is 11.0. The topological polar surface area (TPSA) is 46.5 Å². The average Bonchev–Trinajstić information content (AvgIpc) is 1.99. The third kappa shape index (κ3) is 3.30. The lowest BCUT2D eigenvalue weighted by atomic mass is 10.0. The fourth-order valence-electron chi connectivity index (χ4n) is 0.618. The SMILES string of the molecule is C=CC(=O)C(C)(C)OCCO. The van der Waals surface area contributed by atoms with Crippen molar-refractivity contribution in [3.05, 3.63) is 12.7 Å². The van der Waals surface area contributed by atoms with Gasteiger partial charge in [0, 0.05) is 0 Å². The quantitative estimate of drug-likeness (QED) is 0.594. The number of aliphatic hydroxyl groups excluding tert-OH is 1. The van der Waals surface area contributed by atoms with Gasteiger partial charge in [0.05, 0.1) is 13.2 Å². The molecule has 0 radical (unpaired) electrons. The summed E-state index contributed by atoms with van der Waals surface area (Å²) < 4.78 is 5.06. The van der Waals surface area contributed by atoms with Crippen LogP contribution in [0.15, 0.2) is 12.7 Å². The molecule has 0 heterocycles. The predicted molar refractivity (Wildman–Crippen MR) is 42.3 cm³/mol. The molecule has 3 nitrogen and oxygen atoms in total. The Morgan fingerprint density at radius 2 is 2.27 bits per heavy atom. The highest BCUT2D eigenvalue weighted by atomic mass is 16.5. The molecule has 0 fully saturated rings. The molecular weight excluding hydrogens is 144 g/mol. The number of ether oxygens (including phenoxy) is 1. The van der Waals surface area contributed by atoms with Gasteiger partial charge in [-0.15, -0.1) is 0 Å². The molecule has 1 N–H and O–H groups in total. The van der Waals surface area contributed by atoms with E-state index in [1.165, 1.54) is 6.08 Å². The van der Waals surface area contributed by atoms with E-state index < -0.39 is 5.60 Å². The maximum Gasteiger partial charge on any atom is 0.186 e. The first-order chi connectivity index (χ1) is 5.04. The molecule has 0 amide bonds. The van der Waals surface area contributed by atoms with Crippen LogP contribution in [0.25, 0.3) is 0 Å². The molecule has 0 aliphatic carbocycles. The zero-order chi connectivity index (χ0) is 8.91. The third-order valence-corrected chi connectivity index (χ3v) is 1.33. The highest BCUT2D eigenvalue weighted by Gasteiger charge is 2.24. The summed E-state index contributed by atoms with van der Waals surface area (Å²) in [6, 6.07) is 0. The molecule has 64 valence electrons. The van der Waals surface area contributed by atoms with Crippen molar-refractivity contribution in [3.63, 3.8) is 0 Å². The largest absolute Gasteiger partial charge is 0.394 e. The maximum absolute atomic E-state index is 11.0. The van der Waals surface area contributed by atoms with E-state index in [2.05, 4.69) is 6.58 Å². The molecule has 3 heteroatoms. The van der Waals surface area contributed by atoms with Gasteiger partial charge in [-0.1, -0.05) is 6.58 Å². The Kier molecular flexibility index (Phi) is 4.00. The van der Waals surface area contributed by atoms with Crippen molar-refractivity contribution in [2.45, 2.75) is 19.4 Å². The number of hydrogen-bond acceptors (Lipinski definition) is 3. The van der Waals surface area contributed by atoms with Crippen LogP contribution < -0.4 is 0 Å². The molecule has 0 saturated heterocycles. The van der Waals surface area contributed by atoms with Crippen molar-refractivity contribution in [1.29, 1.82) is 0 Å². The third-order valence-electron chi connectivity index (χ3n) is 1.33. The van der Waals surface area contributed by atoms with E-state index in [1.807, 2.05) is 0 Å². The first-order valence-electron chi connectivity index (χ1n) is 3.46. The first-order valence-corrected chi connectivity index (χ1v) is 3.46. The lowest BCUT2D eigenvalue weighted by Gasteiger charge is -2.21. The molecule has 0 atom stereocenters. The zero-order valence-corrected chi connectivity index (χ0v) is 6.96. The Hall–Kier alpha value is -0.670. The van der Waals surface area contributed by atoms with Crippen LogP contribution in [0, 0.1) is 0 Å². The summed E-state index contributed by atoms with van der Waals surface area (Å²) >= 11 is 0. The van der Waals surface area contributed by atoms with E-state index in [-0.39, 0.29) is 19.0 Å². The van der Waals surface area contributed by atoms with Crippen molar-refractivity contribution >= 4 is 5.78 Å². The summed E-state index contributed by atoms with van der Waals surface area (Å²) in [7, 11) is 0. The Morgan fingerprint density at radius 3 is 2.64 bits per heavy atom. The van der Waals surface area contributed by atoms with Crippen molar-refractivity contribution in [2.75, 3.05) is 13.2 Å². The van der Waals surface area contributed by atoms with Crippen molar-refractivity contribution in [1.82, 2.24) is 0 Å². The van der Waals surface area contributed by atoms with E-state index >= 15 is 0 Å². The Balaban J connectivity index is 3.98. The fourth-order valence-corrected chi connectivity index (χ4v) is 0.618. The second-order valence-corrected chi connectivity index (χ2v) is 2.65. The summed E-state index contributed by atoms with van der Waals surface area (Å²) in [5, 5.41) is 8.42. The van der Waals surface area contributed by atoms with Crippen LogP contribution in [-0.4, -0.2) is 29.7 Å². The number of aliphatic hydroxyl groups is 1. The van der Waals surface area contributed by atoms with Gasteiger partial charge < -0.3 is 9.84 Å². The van der Waals surface area contributed by atoms with Gasteiger partial charge in [-0.05, 0) is 19.9 Å². The lowest BCUT2D eigenvalue weighted by Crippen LogP contribution is -2.34. The minimum Gasteiger partial charge on any atom is -0.394 e. The van der Waals surface area contributed by atoms with Crippen LogP contribution in [0.2, 0.25) is 0 Å². The molecule has 0 aromatic rings. The molecule has 0 aliphatic heterocycles. The number of carbonyl (C=O) groups excluding carboxylic acids is 1. The molecule has 0 bridgehead atoms. The van der Waals surface area contributed by atoms with E-state index in [9.17, 15) is 4.79 Å². The van der Waals surface area contributed by atoms with Crippen molar-refractivity contribution in [3.8, 4) is 0 Å². The molecule has 0 aromatic carbocycles. The normalized spacial score (nSPS) is 11.2. The first kappa shape index (κ1) is 10.3. The predicted octanol–water partition coefficient (Wildman–Crippen LogP) is 0.529. The Labute approximate surface area is 66.7 Å². The van der Waals surface area contributed by atoms with Gasteiger partial charge >= 0.3 is 0 Å². The van der Waals surface area contributed by atoms with E-state index in [0.29, 0.717) is 0 Å². The van der Waals surface area contributed by atoms with Crippen LogP contribution in [0.5, 0.6) is 0 Å². The molecule has 0 rings (SSSR count). The molecule has 0 spiro atoms. The van der Waals surface area contributed by atoms with E-state index in [4.69, 9.17) is 9.84 Å². The molecule has 0 unspecified atom stereocenters. The highest BCUT2D eigenvalue weighted by Crippen LogP contribution is 2.10. The number of carbonyl (C=O) groups is 1. The highest BCUT2D eigenvalue weighted by molar-refractivity contribution is 5.95. The second-order valence-electron chi connectivity index (χ2n) is 2.65. The van der Waals surface area contributed by atoms with Gasteiger partial charge in [-0.2, -0.15) is 0 Å². The number of rotatable bonds is 5. The molecule has 0 aromatic heterocycles. The van der Waals surface area contributed by atoms with Gasteiger partial charge in [0.2, 0.25) is 0 Å². The van der Waals surface area contributed by atoms with E-state index in [1.54, 1.807) is 13.8 Å². The summed E-state index contributed by atoms with van der Waals surface area (Å²) in [5.74, 6) is -0.175.